The zero-order valence-electron chi connectivity index (χ0n) is 14.9. The molecule has 2 aliphatic rings. The maximum Gasteiger partial charge on any atom is 0.410 e. The lowest BCUT2D eigenvalue weighted by atomic mass is 10.1. The van der Waals surface area contributed by atoms with Crippen molar-refractivity contribution in [1.82, 2.24) is 9.27 Å². The van der Waals surface area contributed by atoms with Gasteiger partial charge in [-0.25, -0.2) is 4.79 Å². The zero-order chi connectivity index (χ0) is 17.6. The van der Waals surface area contributed by atoms with Gasteiger partial charge in [0.2, 0.25) is 0 Å². The van der Waals surface area contributed by atoms with Crippen LogP contribution < -0.4 is 4.74 Å². The van der Waals surface area contributed by atoms with Crippen LogP contribution in [0.4, 0.5) is 4.79 Å². The van der Waals surface area contributed by atoms with E-state index in [9.17, 15) is 4.79 Å². The minimum atomic E-state index is -0.466. The third-order valence-corrected chi connectivity index (χ3v) is 5.36. The number of ether oxygens (including phenoxy) is 2. The summed E-state index contributed by atoms with van der Waals surface area (Å²) in [6.07, 6.45) is 3.11. The van der Waals surface area contributed by atoms with Gasteiger partial charge in [0.25, 0.3) is 0 Å². The van der Waals surface area contributed by atoms with Gasteiger partial charge < -0.3 is 14.4 Å². The van der Waals surface area contributed by atoms with E-state index in [4.69, 9.17) is 9.47 Å². The van der Waals surface area contributed by atoms with Crippen LogP contribution in [0.15, 0.2) is 18.2 Å². The molecule has 2 aromatic rings. The van der Waals surface area contributed by atoms with Crippen molar-refractivity contribution in [2.45, 2.75) is 57.7 Å². The van der Waals surface area contributed by atoms with Crippen LogP contribution in [0.1, 0.15) is 51.6 Å². The first-order valence-electron chi connectivity index (χ1n) is 8.93. The van der Waals surface area contributed by atoms with Crippen molar-refractivity contribution in [3.05, 3.63) is 23.9 Å². The number of likely N-dealkylation sites (tertiary alicyclic amines) is 1. The molecule has 1 aromatic heterocycles. The summed E-state index contributed by atoms with van der Waals surface area (Å²) in [5, 5.41) is 1.27. The highest BCUT2D eigenvalue weighted by Gasteiger charge is 2.31. The number of carbonyl (C=O) groups is 1. The Morgan fingerprint density at radius 3 is 2.80 bits per heavy atom. The number of fused-ring (bicyclic) bond motifs is 1. The molecule has 4 rings (SSSR count). The second-order valence-electron chi connectivity index (χ2n) is 7.95. The Kier molecular flexibility index (Phi) is 4.10. The highest BCUT2D eigenvalue weighted by Crippen LogP contribution is 2.44. The first-order valence-corrected chi connectivity index (χ1v) is 9.70. The predicted octanol–water partition coefficient (Wildman–Crippen LogP) is 4.56. The number of rotatable bonds is 3. The van der Waals surface area contributed by atoms with E-state index in [1.807, 2.05) is 26.8 Å². The van der Waals surface area contributed by atoms with Gasteiger partial charge in [0, 0.05) is 24.3 Å². The summed E-state index contributed by atoms with van der Waals surface area (Å²) in [5.41, 5.74) is 0.787. The molecule has 6 heteroatoms. The summed E-state index contributed by atoms with van der Waals surface area (Å²) < 4.78 is 17.3. The van der Waals surface area contributed by atoms with Crippen molar-refractivity contribution < 1.29 is 14.3 Å². The van der Waals surface area contributed by atoms with Crippen LogP contribution in [-0.4, -0.2) is 40.2 Å². The lowest BCUT2D eigenvalue weighted by Gasteiger charge is -2.24. The summed E-state index contributed by atoms with van der Waals surface area (Å²) >= 11 is 1.55. The molecular weight excluding hydrogens is 336 g/mol. The van der Waals surface area contributed by atoms with E-state index in [0.717, 1.165) is 12.2 Å². The quantitative estimate of drug-likeness (QED) is 0.805. The van der Waals surface area contributed by atoms with E-state index in [0.29, 0.717) is 19.0 Å². The summed E-state index contributed by atoms with van der Waals surface area (Å²) in [7, 11) is 0. The lowest BCUT2D eigenvalue weighted by Crippen LogP contribution is -2.36. The summed E-state index contributed by atoms with van der Waals surface area (Å²) in [6, 6.07) is 6.23. The Hall–Kier alpha value is -1.82. The van der Waals surface area contributed by atoms with Crippen LogP contribution in [0.25, 0.3) is 10.1 Å². The molecule has 1 aliphatic heterocycles. The van der Waals surface area contributed by atoms with Gasteiger partial charge >= 0.3 is 6.09 Å². The average molecular weight is 360 g/mol. The molecule has 1 saturated carbocycles. The predicted molar refractivity (Wildman–Crippen MR) is 98.4 cm³/mol. The van der Waals surface area contributed by atoms with Gasteiger partial charge in [0.05, 0.1) is 16.9 Å². The van der Waals surface area contributed by atoms with Gasteiger partial charge in [-0.15, -0.1) is 0 Å². The van der Waals surface area contributed by atoms with Crippen LogP contribution in [0.3, 0.4) is 0 Å². The van der Waals surface area contributed by atoms with E-state index in [1.54, 1.807) is 16.4 Å². The Bertz CT molecular complexity index is 792. The zero-order valence-corrected chi connectivity index (χ0v) is 15.8. The van der Waals surface area contributed by atoms with Crippen LogP contribution in [0, 0.1) is 0 Å². The van der Waals surface area contributed by atoms with Crippen molar-refractivity contribution in [3.63, 3.8) is 0 Å². The van der Waals surface area contributed by atoms with Gasteiger partial charge in [0.15, 0.2) is 0 Å². The van der Waals surface area contributed by atoms with E-state index in [-0.39, 0.29) is 12.2 Å². The van der Waals surface area contributed by atoms with Crippen molar-refractivity contribution >= 4 is 27.7 Å². The van der Waals surface area contributed by atoms with E-state index in [2.05, 4.69) is 16.5 Å². The van der Waals surface area contributed by atoms with E-state index < -0.39 is 5.60 Å². The maximum absolute atomic E-state index is 12.1. The Labute approximate surface area is 152 Å². The summed E-state index contributed by atoms with van der Waals surface area (Å²) in [5.74, 6) is 1.52. The van der Waals surface area contributed by atoms with E-state index in [1.165, 1.54) is 28.6 Å². The molecule has 1 aliphatic carbocycles. The highest BCUT2D eigenvalue weighted by atomic mass is 32.1. The molecule has 1 aromatic carbocycles. The fourth-order valence-corrected chi connectivity index (χ4v) is 4.05. The average Bonchev–Trinajstić information content (AvgIpc) is 3.11. The molecule has 0 bridgehead atoms. The molecule has 1 saturated heterocycles. The molecule has 25 heavy (non-hydrogen) atoms. The van der Waals surface area contributed by atoms with Crippen molar-refractivity contribution in [3.8, 4) is 5.75 Å². The molecule has 2 heterocycles. The van der Waals surface area contributed by atoms with Gasteiger partial charge in [-0.3, -0.25) is 0 Å². The smallest absolute Gasteiger partial charge is 0.410 e. The van der Waals surface area contributed by atoms with E-state index >= 15 is 0 Å². The fourth-order valence-electron chi connectivity index (χ4n) is 3.17. The SMILES string of the molecule is CC(C)(C)OC(=O)N1CCC(Oc2ccc3c(C4CC4)nsc3c2)C1. The first-order chi connectivity index (χ1) is 11.9. The topological polar surface area (TPSA) is 51.7 Å². The monoisotopic (exact) mass is 360 g/mol. The molecule has 1 unspecified atom stereocenters. The third kappa shape index (κ3) is 3.73. The number of hydrogen-bond donors (Lipinski definition) is 0. The molecule has 0 spiro atoms. The molecule has 0 radical (unpaired) electrons. The van der Waals surface area contributed by atoms with Crippen LogP contribution in [0.5, 0.6) is 5.75 Å². The molecule has 1 amide bonds. The van der Waals surface area contributed by atoms with Crippen molar-refractivity contribution in [1.29, 1.82) is 0 Å². The minimum Gasteiger partial charge on any atom is -0.488 e. The van der Waals surface area contributed by atoms with Gasteiger partial charge in [-0.05, 0) is 63.3 Å². The largest absolute Gasteiger partial charge is 0.488 e. The lowest BCUT2D eigenvalue weighted by molar-refractivity contribution is 0.0275. The van der Waals surface area contributed by atoms with Gasteiger partial charge in [-0.2, -0.15) is 4.37 Å². The standard InChI is InChI=1S/C19H24N2O3S/c1-19(2,3)24-18(22)21-9-8-14(11-21)23-13-6-7-15-16(10-13)25-20-17(15)12-4-5-12/h6-7,10,12,14H,4-5,8-9,11H2,1-3H3. The number of carbonyl (C=O) groups excluding carboxylic acids is 1. The molecule has 134 valence electrons. The van der Waals surface area contributed by atoms with Crippen LogP contribution in [-0.2, 0) is 4.74 Å². The highest BCUT2D eigenvalue weighted by molar-refractivity contribution is 7.13. The van der Waals surface area contributed by atoms with Crippen molar-refractivity contribution in [2.24, 2.45) is 0 Å². The molecule has 0 N–H and O–H groups in total. The minimum absolute atomic E-state index is 0.0146. The van der Waals surface area contributed by atoms with Crippen LogP contribution in [0.2, 0.25) is 0 Å². The molecule has 1 atom stereocenters. The molecular formula is C19H24N2O3S. The van der Waals surface area contributed by atoms with Gasteiger partial charge in [0.1, 0.15) is 17.5 Å². The van der Waals surface area contributed by atoms with Crippen molar-refractivity contribution in [2.75, 3.05) is 13.1 Å². The Morgan fingerprint density at radius 1 is 1.28 bits per heavy atom. The number of amides is 1. The number of nitrogens with zero attached hydrogens (tertiary/aromatic N) is 2. The number of hydrogen-bond acceptors (Lipinski definition) is 5. The number of benzene rings is 1. The Balaban J connectivity index is 1.39. The molecule has 5 nitrogen and oxygen atoms in total. The Morgan fingerprint density at radius 2 is 2.08 bits per heavy atom. The van der Waals surface area contributed by atoms with Crippen LogP contribution >= 0.6 is 11.5 Å². The third-order valence-electron chi connectivity index (χ3n) is 4.53. The fraction of sp³-hybridized carbons (Fsp3) is 0.579. The second kappa shape index (κ2) is 6.16. The van der Waals surface area contributed by atoms with Gasteiger partial charge in [-0.1, -0.05) is 0 Å². The molecule has 2 fully saturated rings. The first kappa shape index (κ1) is 16.6. The second-order valence-corrected chi connectivity index (χ2v) is 8.76. The number of aromatic nitrogens is 1. The normalized spacial score (nSPS) is 20.9. The summed E-state index contributed by atoms with van der Waals surface area (Å²) in [4.78, 5) is 13.9. The summed E-state index contributed by atoms with van der Waals surface area (Å²) in [6.45, 7) is 6.90. The maximum atomic E-state index is 12.1.